The van der Waals surface area contributed by atoms with Gasteiger partial charge >= 0.3 is 0 Å². The smallest absolute Gasteiger partial charge is 0.123 e. The van der Waals surface area contributed by atoms with Crippen molar-refractivity contribution < 1.29 is 9.13 Å². The Morgan fingerprint density at radius 1 is 0.967 bits per heavy atom. The van der Waals surface area contributed by atoms with Gasteiger partial charge in [0.25, 0.3) is 0 Å². The van der Waals surface area contributed by atoms with Gasteiger partial charge in [-0.25, -0.2) is 4.39 Å². The molecule has 164 valence electrons. The van der Waals surface area contributed by atoms with E-state index >= 15 is 0 Å². The lowest BCUT2D eigenvalue weighted by Gasteiger charge is -2.48. The summed E-state index contributed by atoms with van der Waals surface area (Å²) < 4.78 is 20.2. The van der Waals surface area contributed by atoms with E-state index in [2.05, 4.69) is 45.1 Å². The Morgan fingerprint density at radius 2 is 1.53 bits per heavy atom. The van der Waals surface area contributed by atoms with Crippen LogP contribution in [0.5, 0.6) is 0 Å². The van der Waals surface area contributed by atoms with E-state index < -0.39 is 0 Å². The summed E-state index contributed by atoms with van der Waals surface area (Å²) in [4.78, 5) is 0. The molecule has 0 bridgehead atoms. The van der Waals surface area contributed by atoms with Crippen LogP contribution in [0, 0.1) is 17.7 Å². The molecule has 2 aromatic carbocycles. The van der Waals surface area contributed by atoms with Crippen molar-refractivity contribution in [3.63, 3.8) is 0 Å². The Kier molecular flexibility index (Phi) is 7.95. The van der Waals surface area contributed by atoms with Gasteiger partial charge < -0.3 is 10.1 Å². The second-order valence-corrected chi connectivity index (χ2v) is 9.89. The van der Waals surface area contributed by atoms with E-state index in [0.29, 0.717) is 11.8 Å². The van der Waals surface area contributed by atoms with E-state index in [1.165, 1.54) is 11.1 Å². The first-order chi connectivity index (χ1) is 14.3. The predicted molar refractivity (Wildman–Crippen MR) is 123 cm³/mol. The maximum atomic E-state index is 13.7. The highest BCUT2D eigenvalue weighted by Crippen LogP contribution is 2.45. The Bertz CT molecular complexity index is 772. The number of hydrogen-bond acceptors (Lipinski definition) is 2. The largest absolute Gasteiger partial charge is 0.374 e. The van der Waals surface area contributed by atoms with Crippen molar-refractivity contribution in [1.29, 1.82) is 0 Å². The van der Waals surface area contributed by atoms with Gasteiger partial charge in [-0.1, -0.05) is 63.6 Å². The van der Waals surface area contributed by atoms with Gasteiger partial charge in [0.05, 0.1) is 12.2 Å². The van der Waals surface area contributed by atoms with Crippen molar-refractivity contribution in [2.45, 2.75) is 71.1 Å². The van der Waals surface area contributed by atoms with E-state index in [-0.39, 0.29) is 23.4 Å². The zero-order valence-electron chi connectivity index (χ0n) is 18.6. The molecule has 2 nitrogen and oxygen atoms in total. The summed E-state index contributed by atoms with van der Waals surface area (Å²) in [5.74, 6) is 0.726. The first-order valence-electron chi connectivity index (χ1n) is 11.2. The van der Waals surface area contributed by atoms with E-state index in [0.717, 1.165) is 37.4 Å². The Morgan fingerprint density at radius 3 is 2.07 bits per heavy atom. The standard InChI is InChI=1S/C26H35ClFNO/c1-18(2)24-15-26(16-25(30-24)19(3)4,21-7-11-23(28)12-8-21)13-14-29-17-20-5-9-22(27)10-6-20/h5-12,18-19,24-25,29H,13-17H2,1-4H3. The molecular formula is C26H35ClFNO. The van der Waals surface area contributed by atoms with Gasteiger partial charge in [0.2, 0.25) is 0 Å². The molecule has 1 aliphatic heterocycles. The highest BCUT2D eigenvalue weighted by molar-refractivity contribution is 6.30. The number of rotatable bonds is 8. The molecule has 0 radical (unpaired) electrons. The van der Waals surface area contributed by atoms with Crippen LogP contribution in [0.3, 0.4) is 0 Å². The molecule has 2 unspecified atom stereocenters. The predicted octanol–water partition coefficient (Wildman–Crippen LogP) is 6.76. The van der Waals surface area contributed by atoms with Gasteiger partial charge in [0.1, 0.15) is 5.82 Å². The normalized spacial score (nSPS) is 24.5. The van der Waals surface area contributed by atoms with E-state index in [1.807, 2.05) is 24.3 Å². The summed E-state index contributed by atoms with van der Waals surface area (Å²) in [5.41, 5.74) is 2.45. The molecule has 0 saturated carbocycles. The lowest BCUT2D eigenvalue weighted by Crippen LogP contribution is -2.48. The van der Waals surface area contributed by atoms with Gasteiger partial charge in [-0.15, -0.1) is 0 Å². The van der Waals surface area contributed by atoms with Crippen molar-refractivity contribution in [2.24, 2.45) is 11.8 Å². The molecule has 0 amide bonds. The fraction of sp³-hybridized carbons (Fsp3) is 0.538. The summed E-state index contributed by atoms with van der Waals surface area (Å²) >= 11 is 5.99. The number of hydrogen-bond donors (Lipinski definition) is 1. The first kappa shape index (κ1) is 23.2. The monoisotopic (exact) mass is 431 g/mol. The number of nitrogens with one attached hydrogen (secondary N) is 1. The molecule has 0 spiro atoms. The fourth-order valence-electron chi connectivity index (χ4n) is 4.51. The summed E-state index contributed by atoms with van der Waals surface area (Å²) in [5, 5.41) is 4.36. The minimum Gasteiger partial charge on any atom is -0.374 e. The molecule has 3 rings (SSSR count). The van der Waals surface area contributed by atoms with Crippen LogP contribution < -0.4 is 5.32 Å². The van der Waals surface area contributed by atoms with E-state index in [4.69, 9.17) is 16.3 Å². The number of halogens is 2. The van der Waals surface area contributed by atoms with Gasteiger partial charge in [-0.05, 0) is 73.0 Å². The number of benzene rings is 2. The summed E-state index contributed by atoms with van der Waals surface area (Å²) in [6.07, 6.45) is 3.38. The van der Waals surface area contributed by atoms with Crippen molar-refractivity contribution in [3.05, 3.63) is 70.5 Å². The van der Waals surface area contributed by atoms with Crippen LogP contribution in [0.2, 0.25) is 5.02 Å². The SMILES string of the molecule is CC(C)C1CC(CCNCc2ccc(Cl)cc2)(c2ccc(F)cc2)CC(C(C)C)O1. The van der Waals surface area contributed by atoms with Crippen molar-refractivity contribution in [1.82, 2.24) is 5.32 Å². The van der Waals surface area contributed by atoms with Crippen LogP contribution in [0.15, 0.2) is 48.5 Å². The van der Waals surface area contributed by atoms with Gasteiger partial charge in [-0.3, -0.25) is 0 Å². The molecule has 2 aromatic rings. The lowest BCUT2D eigenvalue weighted by atomic mass is 9.66. The molecule has 30 heavy (non-hydrogen) atoms. The van der Waals surface area contributed by atoms with Crippen LogP contribution in [-0.4, -0.2) is 18.8 Å². The van der Waals surface area contributed by atoms with Crippen molar-refractivity contribution >= 4 is 11.6 Å². The maximum absolute atomic E-state index is 13.7. The molecule has 0 aromatic heterocycles. The molecule has 4 heteroatoms. The van der Waals surface area contributed by atoms with Crippen molar-refractivity contribution in [2.75, 3.05) is 6.54 Å². The molecule has 0 aliphatic carbocycles. The van der Waals surface area contributed by atoms with E-state index in [9.17, 15) is 4.39 Å². The summed E-state index contributed by atoms with van der Waals surface area (Å²) in [7, 11) is 0. The highest BCUT2D eigenvalue weighted by Gasteiger charge is 2.43. The maximum Gasteiger partial charge on any atom is 0.123 e. The number of ether oxygens (including phenoxy) is 1. The van der Waals surface area contributed by atoms with Gasteiger partial charge in [-0.2, -0.15) is 0 Å². The Labute approximate surface area is 186 Å². The molecule has 1 aliphatic rings. The Balaban J connectivity index is 1.78. The van der Waals surface area contributed by atoms with Crippen LogP contribution in [0.4, 0.5) is 4.39 Å². The molecule has 1 heterocycles. The quantitative estimate of drug-likeness (QED) is 0.466. The zero-order valence-corrected chi connectivity index (χ0v) is 19.4. The molecule has 1 saturated heterocycles. The molecule has 1 fully saturated rings. The van der Waals surface area contributed by atoms with Crippen LogP contribution in [0.1, 0.15) is 58.1 Å². The van der Waals surface area contributed by atoms with Crippen LogP contribution in [0.25, 0.3) is 0 Å². The molecule has 2 atom stereocenters. The first-order valence-corrected chi connectivity index (χ1v) is 11.5. The second kappa shape index (κ2) is 10.3. The minimum absolute atomic E-state index is 0.0111. The summed E-state index contributed by atoms with van der Waals surface area (Å²) in [6, 6.07) is 15.1. The second-order valence-electron chi connectivity index (χ2n) is 9.45. The third kappa shape index (κ3) is 5.84. The lowest BCUT2D eigenvalue weighted by molar-refractivity contribution is -0.118. The van der Waals surface area contributed by atoms with Crippen molar-refractivity contribution in [3.8, 4) is 0 Å². The third-order valence-electron chi connectivity index (χ3n) is 6.50. The van der Waals surface area contributed by atoms with Crippen LogP contribution >= 0.6 is 11.6 Å². The minimum atomic E-state index is -0.178. The van der Waals surface area contributed by atoms with Gasteiger partial charge in [0, 0.05) is 17.0 Å². The van der Waals surface area contributed by atoms with E-state index in [1.54, 1.807) is 12.1 Å². The molecule has 1 N–H and O–H groups in total. The summed E-state index contributed by atoms with van der Waals surface area (Å²) in [6.45, 7) is 10.7. The highest BCUT2D eigenvalue weighted by atomic mass is 35.5. The molecular weight excluding hydrogens is 397 g/mol. The van der Waals surface area contributed by atoms with Crippen LogP contribution in [-0.2, 0) is 16.7 Å². The topological polar surface area (TPSA) is 21.3 Å². The average molecular weight is 432 g/mol. The fourth-order valence-corrected chi connectivity index (χ4v) is 4.64. The third-order valence-corrected chi connectivity index (χ3v) is 6.75. The Hall–Kier alpha value is -1.42. The average Bonchev–Trinajstić information content (AvgIpc) is 2.72. The van der Waals surface area contributed by atoms with Gasteiger partial charge in [0.15, 0.2) is 0 Å². The zero-order chi connectivity index (χ0) is 21.7.